The molecule has 0 amide bonds. The van der Waals surface area contributed by atoms with E-state index in [0.717, 1.165) is 22.3 Å². The van der Waals surface area contributed by atoms with E-state index in [1.165, 1.54) is 23.7 Å². The van der Waals surface area contributed by atoms with E-state index in [0.29, 0.717) is 24.2 Å². The SMILES string of the molecule is COc1cccc(CCC2C(Oc3cccc(OC(F)(F)F)c3)=Nc3c(c(=O)n(CCOCCO)c(=O)n3C)[C@H]2C)c1. The third kappa shape index (κ3) is 7.21. The fourth-order valence-corrected chi connectivity index (χ4v) is 4.91. The molecule has 1 aromatic heterocycles. The van der Waals surface area contributed by atoms with Gasteiger partial charge in [-0.15, -0.1) is 13.2 Å². The highest BCUT2D eigenvalue weighted by atomic mass is 19.4. The molecule has 3 aromatic rings. The normalized spacial score (nSPS) is 16.5. The van der Waals surface area contributed by atoms with Crippen LogP contribution in [0.2, 0.25) is 0 Å². The second-order valence-corrected chi connectivity index (χ2v) is 9.73. The van der Waals surface area contributed by atoms with Crippen LogP contribution in [0.15, 0.2) is 63.1 Å². The third-order valence-electron chi connectivity index (χ3n) is 6.98. The van der Waals surface area contributed by atoms with Crippen LogP contribution in [-0.2, 0) is 24.8 Å². The monoisotopic (exact) mass is 591 g/mol. The molecular formula is C29H32F3N3O7. The van der Waals surface area contributed by atoms with E-state index in [2.05, 4.69) is 9.73 Å². The Morgan fingerprint density at radius 2 is 1.74 bits per heavy atom. The van der Waals surface area contributed by atoms with E-state index in [1.54, 1.807) is 7.11 Å². The zero-order chi connectivity index (χ0) is 30.4. The topological polar surface area (TPSA) is 114 Å². The minimum absolute atomic E-state index is 0.0148. The molecule has 0 bridgehead atoms. The second kappa shape index (κ2) is 13.3. The van der Waals surface area contributed by atoms with Crippen LogP contribution < -0.4 is 25.5 Å². The van der Waals surface area contributed by atoms with Gasteiger partial charge in [-0.25, -0.2) is 4.79 Å². The van der Waals surface area contributed by atoms with Crippen molar-refractivity contribution in [2.24, 2.45) is 18.0 Å². The first-order valence-corrected chi connectivity index (χ1v) is 13.3. The molecule has 0 fully saturated rings. The predicted octanol–water partition coefficient (Wildman–Crippen LogP) is 3.94. The fraction of sp³-hybridized carbons (Fsp3) is 0.414. The van der Waals surface area contributed by atoms with Crippen LogP contribution in [0.25, 0.3) is 0 Å². The number of hydrogen-bond donors (Lipinski definition) is 1. The number of fused-ring (bicyclic) bond motifs is 1. The first kappa shape index (κ1) is 30.8. The van der Waals surface area contributed by atoms with Gasteiger partial charge in [0.15, 0.2) is 5.90 Å². The van der Waals surface area contributed by atoms with Gasteiger partial charge in [0.05, 0.1) is 39.0 Å². The molecular weight excluding hydrogens is 559 g/mol. The Hall–Kier alpha value is -4.10. The zero-order valence-corrected chi connectivity index (χ0v) is 23.4. The highest BCUT2D eigenvalue weighted by molar-refractivity contribution is 5.86. The molecule has 1 aliphatic rings. The van der Waals surface area contributed by atoms with Gasteiger partial charge in [0, 0.05) is 24.9 Å². The molecule has 226 valence electrons. The second-order valence-electron chi connectivity index (χ2n) is 9.73. The van der Waals surface area contributed by atoms with E-state index in [9.17, 15) is 22.8 Å². The summed E-state index contributed by atoms with van der Waals surface area (Å²) in [6.07, 6.45) is -3.86. The van der Waals surface area contributed by atoms with Gasteiger partial charge in [0.25, 0.3) is 5.56 Å². The number of ether oxygens (including phenoxy) is 4. The number of aliphatic hydroxyl groups excluding tert-OH is 1. The first-order valence-electron chi connectivity index (χ1n) is 13.3. The van der Waals surface area contributed by atoms with Gasteiger partial charge in [-0.1, -0.05) is 25.1 Å². The molecule has 1 N–H and O–H groups in total. The minimum Gasteiger partial charge on any atom is -0.497 e. The van der Waals surface area contributed by atoms with Gasteiger partial charge in [-0.05, 0) is 42.7 Å². The van der Waals surface area contributed by atoms with Gasteiger partial charge in [-0.3, -0.25) is 13.9 Å². The van der Waals surface area contributed by atoms with Gasteiger partial charge < -0.3 is 24.1 Å². The Morgan fingerprint density at radius 1 is 1.02 bits per heavy atom. The quantitative estimate of drug-likeness (QED) is 0.336. The molecule has 0 saturated heterocycles. The van der Waals surface area contributed by atoms with E-state index in [4.69, 9.17) is 19.3 Å². The average Bonchev–Trinajstić information content (AvgIpc) is 2.94. The lowest BCUT2D eigenvalue weighted by Crippen LogP contribution is -2.45. The van der Waals surface area contributed by atoms with E-state index in [1.807, 2.05) is 31.2 Å². The Balaban J connectivity index is 1.74. The van der Waals surface area contributed by atoms with Crippen LogP contribution in [0.1, 0.15) is 30.4 Å². The van der Waals surface area contributed by atoms with E-state index in [-0.39, 0.29) is 43.8 Å². The van der Waals surface area contributed by atoms with Gasteiger partial charge in [0.1, 0.15) is 23.1 Å². The number of aryl methyl sites for hydroxylation is 1. The molecule has 1 unspecified atom stereocenters. The van der Waals surface area contributed by atoms with Crippen molar-refractivity contribution in [3.05, 3.63) is 80.5 Å². The fourth-order valence-electron chi connectivity index (χ4n) is 4.91. The summed E-state index contributed by atoms with van der Waals surface area (Å²) in [6, 6.07) is 12.6. The number of aliphatic hydroxyl groups is 1. The maximum atomic E-state index is 13.6. The van der Waals surface area contributed by atoms with Crippen molar-refractivity contribution < 1.29 is 37.2 Å². The number of rotatable bonds is 11. The van der Waals surface area contributed by atoms with Gasteiger partial charge in [0.2, 0.25) is 0 Å². The van der Waals surface area contributed by atoms with Crippen LogP contribution >= 0.6 is 0 Å². The summed E-state index contributed by atoms with van der Waals surface area (Å²) < 4.78 is 61.4. The largest absolute Gasteiger partial charge is 0.573 e. The summed E-state index contributed by atoms with van der Waals surface area (Å²) in [7, 11) is 3.05. The van der Waals surface area contributed by atoms with Crippen LogP contribution in [0.5, 0.6) is 17.2 Å². The standard InChI is InChI=1S/C29H32F3N3O7/c1-18-23(11-10-19-6-4-7-20(16-19)39-3)26(41-21-8-5-9-22(17-21)42-29(30,31)32)33-25-24(18)27(37)35(28(38)34(25)2)12-14-40-15-13-36/h4-9,16-18,23,36H,10-15H2,1-3H3/t18-,23?/m0/s1. The maximum Gasteiger partial charge on any atom is 0.573 e. The number of benzene rings is 2. The number of halogens is 3. The third-order valence-corrected chi connectivity index (χ3v) is 6.98. The Bertz CT molecular complexity index is 1550. The molecule has 2 aromatic carbocycles. The summed E-state index contributed by atoms with van der Waals surface area (Å²) in [5.74, 6) is -0.409. The van der Waals surface area contributed by atoms with Gasteiger partial charge in [-0.2, -0.15) is 4.99 Å². The molecule has 10 nitrogen and oxygen atoms in total. The first-order chi connectivity index (χ1) is 20.0. The molecule has 2 atom stereocenters. The van der Waals surface area contributed by atoms with Crippen LogP contribution in [0, 0.1) is 5.92 Å². The zero-order valence-electron chi connectivity index (χ0n) is 23.4. The lowest BCUT2D eigenvalue weighted by Gasteiger charge is -2.31. The number of methoxy groups -OCH3 is 1. The molecule has 0 aliphatic carbocycles. The Kier molecular flexibility index (Phi) is 9.74. The number of hydrogen-bond acceptors (Lipinski definition) is 8. The Morgan fingerprint density at radius 3 is 2.45 bits per heavy atom. The highest BCUT2D eigenvalue weighted by Gasteiger charge is 2.37. The van der Waals surface area contributed by atoms with Crippen molar-refractivity contribution >= 4 is 11.7 Å². The lowest BCUT2D eigenvalue weighted by atomic mass is 9.82. The summed E-state index contributed by atoms with van der Waals surface area (Å²) in [5, 5.41) is 8.95. The minimum atomic E-state index is -4.88. The smallest absolute Gasteiger partial charge is 0.497 e. The summed E-state index contributed by atoms with van der Waals surface area (Å²) in [5.41, 5.74) is 0.155. The summed E-state index contributed by atoms with van der Waals surface area (Å²) >= 11 is 0. The molecule has 0 radical (unpaired) electrons. The lowest BCUT2D eigenvalue weighted by molar-refractivity contribution is -0.274. The number of nitrogens with zero attached hydrogens (tertiary/aromatic N) is 3. The number of aliphatic imine (C=N–C) groups is 1. The molecule has 42 heavy (non-hydrogen) atoms. The molecule has 0 spiro atoms. The maximum absolute atomic E-state index is 13.6. The van der Waals surface area contributed by atoms with Crippen molar-refractivity contribution in [2.45, 2.75) is 38.6 Å². The predicted molar refractivity (Wildman–Crippen MR) is 148 cm³/mol. The van der Waals surface area contributed by atoms with Crippen LogP contribution in [0.4, 0.5) is 19.0 Å². The highest BCUT2D eigenvalue weighted by Crippen LogP contribution is 2.38. The van der Waals surface area contributed by atoms with Crippen LogP contribution in [0.3, 0.4) is 0 Å². The summed E-state index contributed by atoms with van der Waals surface area (Å²) in [4.78, 5) is 31.3. The number of aromatic nitrogens is 2. The van der Waals surface area contributed by atoms with Crippen molar-refractivity contribution in [3.63, 3.8) is 0 Å². The number of alkyl halides is 3. The summed E-state index contributed by atoms with van der Waals surface area (Å²) in [6.45, 7) is 1.75. The van der Waals surface area contributed by atoms with Crippen molar-refractivity contribution in [3.8, 4) is 17.2 Å². The molecule has 0 saturated carbocycles. The molecule has 4 rings (SSSR count). The van der Waals surface area contributed by atoms with Crippen molar-refractivity contribution in [1.82, 2.24) is 9.13 Å². The van der Waals surface area contributed by atoms with Crippen LogP contribution in [-0.4, -0.2) is 53.4 Å². The molecule has 13 heteroatoms. The Labute approximate surface area is 239 Å². The molecule has 2 heterocycles. The van der Waals surface area contributed by atoms with Crippen molar-refractivity contribution in [1.29, 1.82) is 0 Å². The molecule has 1 aliphatic heterocycles. The average molecular weight is 592 g/mol. The van der Waals surface area contributed by atoms with Crippen molar-refractivity contribution in [2.75, 3.05) is 26.9 Å². The van der Waals surface area contributed by atoms with E-state index >= 15 is 0 Å². The van der Waals surface area contributed by atoms with Gasteiger partial charge >= 0.3 is 12.1 Å². The van der Waals surface area contributed by atoms with E-state index < -0.39 is 35.2 Å².